The van der Waals surface area contributed by atoms with Gasteiger partial charge in [0.2, 0.25) is 0 Å². The van der Waals surface area contributed by atoms with Gasteiger partial charge in [0.15, 0.2) is 11.5 Å². The number of aryl methyl sites for hydroxylation is 1. The average molecular weight is 631 g/mol. The van der Waals surface area contributed by atoms with E-state index in [1.165, 1.54) is 0 Å². The smallest absolute Gasteiger partial charge is 0.165 e. The van der Waals surface area contributed by atoms with Gasteiger partial charge in [0.25, 0.3) is 0 Å². The first-order chi connectivity index (χ1) is 24.2. The van der Waals surface area contributed by atoms with Gasteiger partial charge in [0.05, 0.1) is 34.3 Å². The van der Waals surface area contributed by atoms with E-state index in [9.17, 15) is 0 Å². The van der Waals surface area contributed by atoms with Crippen LogP contribution in [0.4, 0.5) is 11.5 Å². The SMILES string of the molecule is C#C/C=c1/c2nccnc2n2c(=C(c3ccnc4ccccc34)c3ccnc4ccccc34)n3c4c(c5cccc(c(C)c12)c53)NCC=N4. The van der Waals surface area contributed by atoms with Crippen LogP contribution in [0, 0.1) is 19.3 Å². The lowest BCUT2D eigenvalue weighted by Gasteiger charge is -2.16. The van der Waals surface area contributed by atoms with Crippen LogP contribution in [0.25, 0.3) is 66.4 Å². The summed E-state index contributed by atoms with van der Waals surface area (Å²) in [6.45, 7) is 2.80. The van der Waals surface area contributed by atoms with Crippen molar-refractivity contribution in [2.45, 2.75) is 6.92 Å². The zero-order chi connectivity index (χ0) is 32.6. The van der Waals surface area contributed by atoms with Crippen molar-refractivity contribution in [3.8, 4) is 12.3 Å². The Morgan fingerprint density at radius 2 is 1.41 bits per heavy atom. The van der Waals surface area contributed by atoms with Crippen molar-refractivity contribution < 1.29 is 0 Å². The maximum absolute atomic E-state index is 6.03. The minimum absolute atomic E-state index is 0.638. The molecule has 1 N–H and O–H groups in total. The van der Waals surface area contributed by atoms with Crippen molar-refractivity contribution in [2.75, 3.05) is 11.9 Å². The number of pyridine rings is 2. The van der Waals surface area contributed by atoms with Gasteiger partial charge in [0.1, 0.15) is 11.0 Å². The largest absolute Gasteiger partial charge is 0.376 e. The highest BCUT2D eigenvalue weighted by Gasteiger charge is 2.26. The molecule has 7 heterocycles. The molecule has 8 nitrogen and oxygen atoms in total. The van der Waals surface area contributed by atoms with Gasteiger partial charge in [-0.25, -0.2) is 9.98 Å². The van der Waals surface area contributed by atoms with Gasteiger partial charge in [-0.2, -0.15) is 0 Å². The molecule has 1 aliphatic rings. The van der Waals surface area contributed by atoms with Crippen LogP contribution in [0.2, 0.25) is 0 Å². The molecular weight excluding hydrogens is 605 g/mol. The summed E-state index contributed by atoms with van der Waals surface area (Å²) in [4.78, 5) is 24.5. The molecule has 10 rings (SSSR count). The number of nitrogens with one attached hydrogen (secondary N) is 1. The lowest BCUT2D eigenvalue weighted by atomic mass is 9.93. The number of terminal acetylenes is 1. The molecule has 9 aromatic rings. The maximum Gasteiger partial charge on any atom is 0.165 e. The second-order valence-corrected chi connectivity index (χ2v) is 12.1. The van der Waals surface area contributed by atoms with Gasteiger partial charge < -0.3 is 5.32 Å². The Morgan fingerprint density at radius 3 is 2.14 bits per heavy atom. The van der Waals surface area contributed by atoms with Gasteiger partial charge in [-0.15, -0.1) is 6.42 Å². The fourth-order valence-corrected chi connectivity index (χ4v) is 7.69. The fourth-order valence-electron chi connectivity index (χ4n) is 7.69. The van der Waals surface area contributed by atoms with Crippen LogP contribution in [0.3, 0.4) is 0 Å². The summed E-state index contributed by atoms with van der Waals surface area (Å²) in [5.41, 5.74) is 11.1. The summed E-state index contributed by atoms with van der Waals surface area (Å²) < 4.78 is 4.54. The molecule has 0 radical (unpaired) electrons. The van der Waals surface area contributed by atoms with E-state index in [0.717, 1.165) is 93.6 Å². The van der Waals surface area contributed by atoms with Crippen molar-refractivity contribution in [1.82, 2.24) is 28.7 Å². The molecule has 230 valence electrons. The van der Waals surface area contributed by atoms with E-state index < -0.39 is 0 Å². The molecule has 0 aliphatic carbocycles. The van der Waals surface area contributed by atoms with Crippen LogP contribution >= 0.6 is 0 Å². The molecule has 0 saturated carbocycles. The predicted molar refractivity (Wildman–Crippen MR) is 198 cm³/mol. The first-order valence-corrected chi connectivity index (χ1v) is 16.1. The van der Waals surface area contributed by atoms with Gasteiger partial charge in [0, 0.05) is 63.3 Å². The molecule has 0 unspecified atom stereocenters. The Labute approximate surface area is 279 Å². The number of hydrogen-bond acceptors (Lipinski definition) is 6. The van der Waals surface area contributed by atoms with Crippen molar-refractivity contribution in [1.29, 1.82) is 0 Å². The zero-order valence-electron chi connectivity index (χ0n) is 26.4. The molecule has 0 fully saturated rings. The van der Waals surface area contributed by atoms with E-state index in [1.54, 1.807) is 12.4 Å². The van der Waals surface area contributed by atoms with Crippen LogP contribution in [0.15, 0.2) is 109 Å². The lowest BCUT2D eigenvalue weighted by Crippen LogP contribution is -2.26. The summed E-state index contributed by atoms with van der Waals surface area (Å²) >= 11 is 0. The fraction of sp³-hybridized carbons (Fsp3) is 0.0488. The Hall–Kier alpha value is -6.85. The Kier molecular flexibility index (Phi) is 5.75. The number of nitrogens with zero attached hydrogens (tertiary/aromatic N) is 7. The molecule has 0 atom stereocenters. The molecule has 0 amide bonds. The van der Waals surface area contributed by atoms with Gasteiger partial charge >= 0.3 is 0 Å². The molecule has 0 bridgehead atoms. The van der Waals surface area contributed by atoms with E-state index in [0.29, 0.717) is 12.2 Å². The molecule has 49 heavy (non-hydrogen) atoms. The Balaban J connectivity index is 1.68. The van der Waals surface area contributed by atoms with Crippen molar-refractivity contribution >= 4 is 84.1 Å². The number of hydrogen-bond donors (Lipinski definition) is 1. The highest BCUT2D eigenvalue weighted by molar-refractivity contribution is 6.12. The summed E-state index contributed by atoms with van der Waals surface area (Å²) in [6.07, 6.45) is 17.0. The third-order valence-corrected chi connectivity index (χ3v) is 9.64. The number of para-hydroxylation sites is 3. The highest BCUT2D eigenvalue weighted by Crippen LogP contribution is 2.41. The van der Waals surface area contributed by atoms with E-state index >= 15 is 0 Å². The summed E-state index contributed by atoms with van der Waals surface area (Å²) in [5.74, 6) is 3.62. The summed E-state index contributed by atoms with van der Waals surface area (Å²) in [6, 6.07) is 27.2. The molecule has 0 spiro atoms. The third-order valence-electron chi connectivity index (χ3n) is 9.64. The molecule has 8 heteroatoms. The predicted octanol–water partition coefficient (Wildman–Crippen LogP) is 6.48. The molecule has 0 saturated heterocycles. The maximum atomic E-state index is 6.03. The highest BCUT2D eigenvalue weighted by atomic mass is 15.2. The Morgan fingerprint density at radius 1 is 0.735 bits per heavy atom. The van der Waals surface area contributed by atoms with Gasteiger partial charge in [-0.1, -0.05) is 60.5 Å². The van der Waals surface area contributed by atoms with Crippen LogP contribution in [-0.2, 0) is 0 Å². The van der Waals surface area contributed by atoms with E-state index in [4.69, 9.17) is 31.4 Å². The molecule has 6 aromatic heterocycles. The first-order valence-electron chi connectivity index (χ1n) is 16.1. The Bertz CT molecular complexity index is 2990. The first kappa shape index (κ1) is 27.3. The van der Waals surface area contributed by atoms with Crippen LogP contribution in [-0.4, -0.2) is 41.5 Å². The second kappa shape index (κ2) is 10.3. The number of rotatable bonds is 2. The van der Waals surface area contributed by atoms with Crippen LogP contribution in [0.1, 0.15) is 16.7 Å². The van der Waals surface area contributed by atoms with Crippen molar-refractivity contribution in [3.05, 3.63) is 131 Å². The molecule has 3 aromatic carbocycles. The summed E-state index contributed by atoms with van der Waals surface area (Å²) in [5, 5.41) is 8.69. The van der Waals surface area contributed by atoms with Crippen molar-refractivity contribution in [2.24, 2.45) is 4.99 Å². The molecular formula is C41H26N8. The number of aliphatic imine (C=N–C) groups is 1. The number of benzene rings is 3. The quantitative estimate of drug-likeness (QED) is 0.221. The number of fused-ring (bicyclic) bond motifs is 8. The standard InChI is InChI=1S/C41H26N8/c1-3-9-30-35-39(46-22-20-44-35)48-37(30)24(2)25-12-8-13-31-36-40(47-23-21-45-36)49(38(25)31)41(48)34(28-16-18-42-32-14-6-4-10-26(28)32)29-17-19-43-33-15-7-5-11-27(29)33/h1,4-20,22-23,45H,21H2,2H3/b30-9-. The molecule has 1 aliphatic heterocycles. The normalized spacial score (nSPS) is 13.1. The number of aromatic nitrogens is 6. The number of anilines is 1. The lowest BCUT2D eigenvalue weighted by molar-refractivity contribution is 0.983. The third kappa shape index (κ3) is 3.72. The van der Waals surface area contributed by atoms with Crippen LogP contribution < -0.4 is 16.0 Å². The van der Waals surface area contributed by atoms with E-state index in [1.807, 2.05) is 36.8 Å². The topological polar surface area (TPSA) is 84.8 Å². The minimum atomic E-state index is 0.638. The van der Waals surface area contributed by atoms with Crippen molar-refractivity contribution in [3.63, 3.8) is 0 Å². The summed E-state index contributed by atoms with van der Waals surface area (Å²) in [7, 11) is 0. The zero-order valence-corrected chi connectivity index (χ0v) is 26.4. The van der Waals surface area contributed by atoms with Gasteiger partial charge in [-0.05, 0) is 54.0 Å². The minimum Gasteiger partial charge on any atom is -0.376 e. The monoisotopic (exact) mass is 630 g/mol. The van der Waals surface area contributed by atoms with E-state index in [2.05, 4.69) is 93.7 Å². The van der Waals surface area contributed by atoms with Gasteiger partial charge in [-0.3, -0.25) is 23.8 Å². The second-order valence-electron chi connectivity index (χ2n) is 12.1. The van der Waals surface area contributed by atoms with E-state index in [-0.39, 0.29) is 0 Å². The average Bonchev–Trinajstić information content (AvgIpc) is 3.63. The van der Waals surface area contributed by atoms with Crippen LogP contribution in [0.5, 0.6) is 0 Å².